The fraction of sp³-hybridized carbons (Fsp3) is 0.391. The molecule has 0 radical (unpaired) electrons. The zero-order valence-electron chi connectivity index (χ0n) is 17.4. The monoisotopic (exact) mass is 378 g/mol. The van der Waals surface area contributed by atoms with Crippen LogP contribution in [0.2, 0.25) is 0 Å². The lowest BCUT2D eigenvalue weighted by molar-refractivity contribution is 0.517. The fourth-order valence-corrected chi connectivity index (χ4v) is 4.48. The van der Waals surface area contributed by atoms with Crippen molar-refractivity contribution in [3.05, 3.63) is 58.7 Å². The third-order valence-electron chi connectivity index (χ3n) is 5.63. The van der Waals surface area contributed by atoms with Crippen LogP contribution in [0, 0.1) is 12.7 Å². The predicted octanol–water partition coefficient (Wildman–Crippen LogP) is 5.70. The molecule has 28 heavy (non-hydrogen) atoms. The summed E-state index contributed by atoms with van der Waals surface area (Å²) >= 11 is 0. The zero-order valence-corrected chi connectivity index (χ0v) is 17.4. The molecule has 0 bridgehead atoms. The molecule has 0 spiro atoms. The van der Waals surface area contributed by atoms with E-state index in [1.54, 1.807) is 6.07 Å². The first-order chi connectivity index (χ1) is 13.1. The first-order valence-corrected chi connectivity index (χ1v) is 9.69. The SMILES string of the molecule is Cc1ccc2cn[nH]c2c1C(C)(C)Cc1[nH]nc2c(C(C)(C)C)c(F)ccc12. The van der Waals surface area contributed by atoms with Crippen LogP contribution in [0.3, 0.4) is 0 Å². The molecular formula is C23H27FN4. The maximum atomic E-state index is 14.6. The van der Waals surface area contributed by atoms with Crippen LogP contribution in [0.25, 0.3) is 21.8 Å². The van der Waals surface area contributed by atoms with E-state index in [-0.39, 0.29) is 16.6 Å². The van der Waals surface area contributed by atoms with Gasteiger partial charge in [-0.2, -0.15) is 10.2 Å². The molecular weight excluding hydrogens is 351 g/mol. The second-order valence-electron chi connectivity index (χ2n) is 9.42. The Balaban J connectivity index is 1.84. The maximum Gasteiger partial charge on any atom is 0.129 e. The second kappa shape index (κ2) is 6.16. The van der Waals surface area contributed by atoms with Gasteiger partial charge in [-0.05, 0) is 47.4 Å². The summed E-state index contributed by atoms with van der Waals surface area (Å²) in [4.78, 5) is 0. The van der Waals surface area contributed by atoms with E-state index in [0.29, 0.717) is 5.56 Å². The molecule has 4 rings (SSSR count). The van der Waals surface area contributed by atoms with Crippen molar-refractivity contribution in [2.75, 3.05) is 0 Å². The van der Waals surface area contributed by atoms with Crippen molar-refractivity contribution in [3.8, 4) is 0 Å². The maximum absolute atomic E-state index is 14.6. The lowest BCUT2D eigenvalue weighted by Gasteiger charge is -2.27. The number of aromatic nitrogens is 4. The molecule has 5 heteroatoms. The highest BCUT2D eigenvalue weighted by atomic mass is 19.1. The van der Waals surface area contributed by atoms with E-state index in [9.17, 15) is 4.39 Å². The highest BCUT2D eigenvalue weighted by Crippen LogP contribution is 2.37. The Bertz CT molecular complexity index is 1170. The van der Waals surface area contributed by atoms with Crippen molar-refractivity contribution in [1.82, 2.24) is 20.4 Å². The summed E-state index contributed by atoms with van der Waals surface area (Å²) in [5.74, 6) is -0.199. The molecule has 146 valence electrons. The molecule has 4 aromatic rings. The van der Waals surface area contributed by atoms with Crippen LogP contribution in [0.15, 0.2) is 30.5 Å². The van der Waals surface area contributed by atoms with Crippen LogP contribution in [0.5, 0.6) is 0 Å². The number of benzene rings is 2. The highest BCUT2D eigenvalue weighted by Gasteiger charge is 2.29. The molecule has 0 aliphatic heterocycles. The van der Waals surface area contributed by atoms with Crippen LogP contribution in [0.1, 0.15) is 57.0 Å². The Morgan fingerprint density at radius 3 is 2.43 bits per heavy atom. The van der Waals surface area contributed by atoms with Gasteiger partial charge in [-0.1, -0.05) is 46.8 Å². The molecule has 0 saturated carbocycles. The van der Waals surface area contributed by atoms with Crippen molar-refractivity contribution in [2.45, 2.75) is 58.8 Å². The van der Waals surface area contributed by atoms with Crippen LogP contribution in [-0.4, -0.2) is 20.4 Å². The van der Waals surface area contributed by atoms with Crippen molar-refractivity contribution in [1.29, 1.82) is 0 Å². The van der Waals surface area contributed by atoms with Gasteiger partial charge >= 0.3 is 0 Å². The van der Waals surface area contributed by atoms with Crippen LogP contribution in [-0.2, 0) is 17.3 Å². The van der Waals surface area contributed by atoms with E-state index in [1.807, 2.05) is 33.0 Å². The number of hydrogen-bond donors (Lipinski definition) is 2. The molecule has 0 amide bonds. The average Bonchev–Trinajstić information content (AvgIpc) is 3.19. The first-order valence-electron chi connectivity index (χ1n) is 9.69. The minimum atomic E-state index is -0.316. The number of rotatable bonds is 3. The van der Waals surface area contributed by atoms with Gasteiger partial charge in [0.05, 0.1) is 17.2 Å². The number of aromatic amines is 2. The summed E-state index contributed by atoms with van der Waals surface area (Å²) in [7, 11) is 0. The normalized spacial score (nSPS) is 13.0. The van der Waals surface area contributed by atoms with Gasteiger partial charge < -0.3 is 0 Å². The third kappa shape index (κ3) is 2.89. The van der Waals surface area contributed by atoms with Crippen molar-refractivity contribution in [3.63, 3.8) is 0 Å². The lowest BCUT2D eigenvalue weighted by atomic mass is 9.77. The summed E-state index contributed by atoms with van der Waals surface area (Å²) in [5, 5.41) is 17.2. The van der Waals surface area contributed by atoms with Gasteiger partial charge in [-0.25, -0.2) is 4.39 Å². The van der Waals surface area contributed by atoms with Crippen molar-refractivity contribution in [2.24, 2.45) is 0 Å². The molecule has 0 unspecified atom stereocenters. The first kappa shape index (κ1) is 18.7. The Hall–Kier alpha value is -2.69. The summed E-state index contributed by atoms with van der Waals surface area (Å²) in [6.45, 7) is 12.7. The molecule has 0 atom stereocenters. The predicted molar refractivity (Wildman–Crippen MR) is 112 cm³/mol. The van der Waals surface area contributed by atoms with Crippen LogP contribution < -0.4 is 0 Å². The van der Waals surface area contributed by atoms with Gasteiger partial charge in [0.1, 0.15) is 5.82 Å². The summed E-state index contributed by atoms with van der Waals surface area (Å²) < 4.78 is 14.6. The topological polar surface area (TPSA) is 57.4 Å². The molecule has 2 N–H and O–H groups in total. The smallest absolute Gasteiger partial charge is 0.129 e. The molecule has 2 aromatic carbocycles. The van der Waals surface area contributed by atoms with E-state index in [0.717, 1.165) is 33.9 Å². The molecule has 2 aromatic heterocycles. The number of aryl methyl sites for hydroxylation is 1. The minimum absolute atomic E-state index is 0.161. The number of H-pyrrole nitrogens is 2. The summed E-state index contributed by atoms with van der Waals surface area (Å²) in [6.07, 6.45) is 2.62. The molecule has 2 heterocycles. The molecule has 4 nitrogen and oxygen atoms in total. The van der Waals surface area contributed by atoms with Crippen molar-refractivity contribution >= 4 is 21.8 Å². The number of nitrogens with zero attached hydrogens (tertiary/aromatic N) is 2. The lowest BCUT2D eigenvalue weighted by Crippen LogP contribution is -2.23. The van der Waals surface area contributed by atoms with E-state index in [1.165, 1.54) is 11.1 Å². The molecule has 0 aliphatic carbocycles. The average molecular weight is 378 g/mol. The summed E-state index contributed by atoms with van der Waals surface area (Å²) in [6, 6.07) is 7.65. The van der Waals surface area contributed by atoms with E-state index < -0.39 is 0 Å². The zero-order chi connectivity index (χ0) is 20.3. The standard InChI is InChI=1S/C23H27FN4/c1-13-7-8-14-12-25-27-20(14)18(13)23(5,6)11-17-15-9-10-16(24)19(22(2,3)4)21(15)28-26-17/h7-10,12H,11H2,1-6H3,(H,25,27)(H,26,28). The van der Waals surface area contributed by atoms with Crippen molar-refractivity contribution < 1.29 is 4.39 Å². The van der Waals surface area contributed by atoms with Gasteiger partial charge in [0.2, 0.25) is 0 Å². The number of nitrogens with one attached hydrogen (secondary N) is 2. The Labute approximate surface area is 164 Å². The highest BCUT2D eigenvalue weighted by molar-refractivity contribution is 5.86. The largest absolute Gasteiger partial charge is 0.281 e. The quantitative estimate of drug-likeness (QED) is 0.480. The minimum Gasteiger partial charge on any atom is -0.281 e. The molecule has 0 saturated heterocycles. The van der Waals surface area contributed by atoms with Gasteiger partial charge in [0, 0.05) is 22.0 Å². The van der Waals surface area contributed by atoms with Gasteiger partial charge in [0.15, 0.2) is 0 Å². The second-order valence-corrected chi connectivity index (χ2v) is 9.42. The van der Waals surface area contributed by atoms with E-state index >= 15 is 0 Å². The molecule has 0 aliphatic rings. The molecule has 0 fully saturated rings. The van der Waals surface area contributed by atoms with E-state index in [4.69, 9.17) is 0 Å². The number of hydrogen-bond acceptors (Lipinski definition) is 2. The van der Waals surface area contributed by atoms with Crippen LogP contribution >= 0.6 is 0 Å². The summed E-state index contributed by atoms with van der Waals surface area (Å²) in [5.41, 5.74) is 5.51. The van der Waals surface area contributed by atoms with Gasteiger partial charge in [0.25, 0.3) is 0 Å². The van der Waals surface area contributed by atoms with Gasteiger partial charge in [-0.3, -0.25) is 10.2 Å². The fourth-order valence-electron chi connectivity index (χ4n) is 4.48. The Kier molecular flexibility index (Phi) is 4.11. The van der Waals surface area contributed by atoms with E-state index in [2.05, 4.69) is 53.3 Å². The van der Waals surface area contributed by atoms with Gasteiger partial charge in [-0.15, -0.1) is 0 Å². The Morgan fingerprint density at radius 1 is 0.964 bits per heavy atom. The number of halogens is 1. The van der Waals surface area contributed by atoms with Crippen LogP contribution in [0.4, 0.5) is 4.39 Å². The Morgan fingerprint density at radius 2 is 1.71 bits per heavy atom. The third-order valence-corrected chi connectivity index (χ3v) is 5.63. The number of fused-ring (bicyclic) bond motifs is 2.